The van der Waals surface area contributed by atoms with Crippen LogP contribution >= 0.6 is 0 Å². The van der Waals surface area contributed by atoms with Crippen LogP contribution in [0.2, 0.25) is 0 Å². The van der Waals surface area contributed by atoms with Gasteiger partial charge in [-0.25, -0.2) is 4.99 Å². The molecular formula is C51H34N4O2. The predicted molar refractivity (Wildman–Crippen MR) is 232 cm³/mol. The fourth-order valence-corrected chi connectivity index (χ4v) is 8.85. The Labute approximate surface area is 327 Å². The Bertz CT molecular complexity index is 3320. The third-order valence-corrected chi connectivity index (χ3v) is 11.5. The van der Waals surface area contributed by atoms with Gasteiger partial charge in [-0.3, -0.25) is 5.32 Å². The van der Waals surface area contributed by atoms with Crippen molar-refractivity contribution < 1.29 is 8.83 Å². The number of amidine groups is 1. The van der Waals surface area contributed by atoms with Gasteiger partial charge in [-0.1, -0.05) is 133 Å². The van der Waals surface area contributed by atoms with E-state index in [2.05, 4.69) is 173 Å². The van der Waals surface area contributed by atoms with Crippen molar-refractivity contribution in [2.24, 2.45) is 4.99 Å². The van der Waals surface area contributed by atoms with Gasteiger partial charge in [0, 0.05) is 37.9 Å². The zero-order valence-corrected chi connectivity index (χ0v) is 30.7. The van der Waals surface area contributed by atoms with Crippen LogP contribution in [0.1, 0.15) is 29.0 Å². The first-order chi connectivity index (χ1) is 28.2. The molecule has 0 fully saturated rings. The van der Waals surface area contributed by atoms with Gasteiger partial charge in [0.15, 0.2) is 5.58 Å². The molecule has 0 amide bonds. The maximum absolute atomic E-state index is 6.87. The van der Waals surface area contributed by atoms with Gasteiger partial charge in [0.25, 0.3) is 0 Å². The van der Waals surface area contributed by atoms with Gasteiger partial charge in [0.05, 0.1) is 16.7 Å². The third kappa shape index (κ3) is 5.04. The average molecular weight is 735 g/mol. The Kier molecular flexibility index (Phi) is 7.03. The van der Waals surface area contributed by atoms with Crippen molar-refractivity contribution >= 4 is 71.5 Å². The fourth-order valence-electron chi connectivity index (χ4n) is 8.85. The second kappa shape index (κ2) is 12.6. The standard InChI is InChI=1S/C51H34N4O2/c1-3-13-31(14-4-1)49-52-50(32-15-5-2-6-16-32)54-51(53-49)34-26-28-44-40(29-34)47-35(19-12-24-45(47)56-44)33-25-27-38-39-20-11-23-43(48(39)57-46(38)30-33)55-41-21-9-7-17-36(41)37-18-8-10-22-42(37)55/h1-30,49,51,53H,(H,52,54). The molecule has 0 bridgehead atoms. The van der Waals surface area contributed by atoms with Gasteiger partial charge in [0.1, 0.15) is 34.9 Å². The van der Waals surface area contributed by atoms with E-state index in [0.29, 0.717) is 0 Å². The van der Waals surface area contributed by atoms with Crippen molar-refractivity contribution in [2.45, 2.75) is 12.3 Å². The molecule has 57 heavy (non-hydrogen) atoms. The molecule has 12 rings (SSSR count). The highest BCUT2D eigenvalue weighted by Crippen LogP contribution is 2.42. The van der Waals surface area contributed by atoms with Gasteiger partial charge in [-0.15, -0.1) is 0 Å². The van der Waals surface area contributed by atoms with E-state index in [4.69, 9.17) is 13.8 Å². The molecule has 8 aromatic carbocycles. The van der Waals surface area contributed by atoms with Crippen LogP contribution in [0.4, 0.5) is 0 Å². The second-order valence-corrected chi connectivity index (χ2v) is 14.8. The molecule has 4 heterocycles. The molecule has 1 aliphatic heterocycles. The highest BCUT2D eigenvalue weighted by atomic mass is 16.3. The third-order valence-electron chi connectivity index (χ3n) is 11.5. The number of benzene rings is 8. The SMILES string of the molecule is c1ccc(C2=NC(c3ccc4oc5cccc(-c6ccc7c(c6)oc6c(-n8c9ccccc9c9ccccc98)cccc67)c5c4c3)NC(c3ccccc3)N2)cc1. The summed E-state index contributed by atoms with van der Waals surface area (Å²) >= 11 is 0. The molecular weight excluding hydrogens is 701 g/mol. The summed E-state index contributed by atoms with van der Waals surface area (Å²) in [5, 5.41) is 14.1. The highest BCUT2D eigenvalue weighted by molar-refractivity contribution is 6.15. The van der Waals surface area contributed by atoms with Crippen molar-refractivity contribution in [3.8, 4) is 16.8 Å². The number of hydrogen-bond donors (Lipinski definition) is 2. The normalized spacial score (nSPS) is 15.9. The van der Waals surface area contributed by atoms with Crippen molar-refractivity contribution in [3.05, 3.63) is 199 Å². The van der Waals surface area contributed by atoms with E-state index in [1.165, 1.54) is 10.8 Å². The molecule has 0 saturated carbocycles. The monoisotopic (exact) mass is 734 g/mol. The molecule has 2 N–H and O–H groups in total. The summed E-state index contributed by atoms with van der Waals surface area (Å²) in [6.45, 7) is 0. The van der Waals surface area contributed by atoms with E-state index in [1.807, 2.05) is 24.3 Å². The zero-order valence-electron chi connectivity index (χ0n) is 30.7. The van der Waals surface area contributed by atoms with Gasteiger partial charge >= 0.3 is 0 Å². The lowest BCUT2D eigenvalue weighted by Gasteiger charge is -2.32. The summed E-state index contributed by atoms with van der Waals surface area (Å²) in [7, 11) is 0. The Hall–Kier alpha value is -7.41. The van der Waals surface area contributed by atoms with Crippen LogP contribution in [-0.2, 0) is 0 Å². The van der Waals surface area contributed by atoms with Crippen molar-refractivity contribution in [1.82, 2.24) is 15.2 Å². The number of aliphatic imine (C=N–C) groups is 1. The number of fused-ring (bicyclic) bond motifs is 9. The molecule has 270 valence electrons. The second-order valence-electron chi connectivity index (χ2n) is 14.8. The Morgan fingerprint density at radius 2 is 1.19 bits per heavy atom. The van der Waals surface area contributed by atoms with Crippen LogP contribution in [0, 0.1) is 0 Å². The number of para-hydroxylation sites is 3. The topological polar surface area (TPSA) is 67.6 Å². The Balaban J connectivity index is 0.991. The quantitative estimate of drug-likeness (QED) is 0.185. The molecule has 6 heteroatoms. The van der Waals surface area contributed by atoms with E-state index >= 15 is 0 Å². The molecule has 0 saturated heterocycles. The van der Waals surface area contributed by atoms with E-state index < -0.39 is 0 Å². The smallest absolute Gasteiger partial charge is 0.159 e. The number of furan rings is 2. The van der Waals surface area contributed by atoms with Gasteiger partial charge in [-0.05, 0) is 70.8 Å². The zero-order chi connectivity index (χ0) is 37.5. The summed E-state index contributed by atoms with van der Waals surface area (Å²) in [6.07, 6.45) is -0.411. The lowest BCUT2D eigenvalue weighted by Crippen LogP contribution is -2.44. The van der Waals surface area contributed by atoms with Crippen LogP contribution in [0.25, 0.3) is 82.5 Å². The van der Waals surface area contributed by atoms with Crippen LogP contribution in [0.3, 0.4) is 0 Å². The van der Waals surface area contributed by atoms with Crippen LogP contribution < -0.4 is 10.6 Å². The predicted octanol–water partition coefficient (Wildman–Crippen LogP) is 12.6. The molecule has 2 atom stereocenters. The number of nitrogens with one attached hydrogen (secondary N) is 2. The van der Waals surface area contributed by atoms with Gasteiger partial charge in [0.2, 0.25) is 0 Å². The first kappa shape index (κ1) is 31.9. The summed E-state index contributed by atoms with van der Waals surface area (Å²) in [6, 6.07) is 63.7. The summed E-state index contributed by atoms with van der Waals surface area (Å²) in [4.78, 5) is 5.21. The Morgan fingerprint density at radius 1 is 0.474 bits per heavy atom. The van der Waals surface area contributed by atoms with E-state index in [-0.39, 0.29) is 12.3 Å². The summed E-state index contributed by atoms with van der Waals surface area (Å²) < 4.78 is 15.7. The number of nitrogens with zero attached hydrogens (tertiary/aromatic N) is 2. The van der Waals surface area contributed by atoms with Crippen molar-refractivity contribution in [1.29, 1.82) is 0 Å². The first-order valence-electron chi connectivity index (χ1n) is 19.4. The maximum Gasteiger partial charge on any atom is 0.159 e. The molecule has 1 aliphatic rings. The minimum atomic E-state index is -0.288. The molecule has 0 spiro atoms. The van der Waals surface area contributed by atoms with Crippen molar-refractivity contribution in [3.63, 3.8) is 0 Å². The molecule has 6 nitrogen and oxygen atoms in total. The average Bonchev–Trinajstić information content (AvgIpc) is 3.96. The Morgan fingerprint density at radius 3 is 2.00 bits per heavy atom. The molecule has 0 radical (unpaired) electrons. The van der Waals surface area contributed by atoms with Crippen LogP contribution in [-0.4, -0.2) is 10.4 Å². The van der Waals surface area contributed by atoms with Crippen molar-refractivity contribution in [2.75, 3.05) is 0 Å². The number of hydrogen-bond acceptors (Lipinski definition) is 5. The number of rotatable bonds is 5. The highest BCUT2D eigenvalue weighted by Gasteiger charge is 2.26. The van der Waals surface area contributed by atoms with Gasteiger partial charge < -0.3 is 18.7 Å². The molecule has 3 aromatic heterocycles. The van der Waals surface area contributed by atoms with Gasteiger partial charge in [-0.2, -0.15) is 0 Å². The fraction of sp³-hybridized carbons (Fsp3) is 0.0392. The molecule has 2 unspecified atom stereocenters. The molecule has 0 aliphatic carbocycles. The molecule has 11 aromatic rings. The van der Waals surface area contributed by atoms with E-state index in [1.54, 1.807) is 0 Å². The minimum Gasteiger partial charge on any atom is -0.456 e. The van der Waals surface area contributed by atoms with E-state index in [0.717, 1.165) is 94.3 Å². The lowest BCUT2D eigenvalue weighted by molar-refractivity contribution is 0.409. The van der Waals surface area contributed by atoms with Crippen LogP contribution in [0.5, 0.6) is 0 Å². The van der Waals surface area contributed by atoms with Crippen LogP contribution in [0.15, 0.2) is 196 Å². The first-order valence-corrected chi connectivity index (χ1v) is 19.4. The lowest BCUT2D eigenvalue weighted by atomic mass is 9.97. The summed E-state index contributed by atoms with van der Waals surface area (Å²) in [5.41, 5.74) is 12.1. The van der Waals surface area contributed by atoms with E-state index in [9.17, 15) is 0 Å². The largest absolute Gasteiger partial charge is 0.456 e. The minimum absolute atomic E-state index is 0.123. The number of aromatic nitrogens is 1. The summed E-state index contributed by atoms with van der Waals surface area (Å²) in [5.74, 6) is 0.853. The maximum atomic E-state index is 6.87.